The van der Waals surface area contributed by atoms with Crippen molar-refractivity contribution in [3.05, 3.63) is 29.3 Å². The molecule has 194 valence electrons. The number of aliphatic hydroxyl groups excluding tert-OH is 2. The van der Waals surface area contributed by atoms with Gasteiger partial charge in [-0.3, -0.25) is 0 Å². The highest BCUT2D eigenvalue weighted by Gasteiger charge is 2.68. The van der Waals surface area contributed by atoms with E-state index in [1.54, 1.807) is 32.4 Å². The molecule has 2 aromatic rings. The highest BCUT2D eigenvalue weighted by atomic mass is 32.1. The van der Waals surface area contributed by atoms with E-state index in [1.165, 1.54) is 0 Å². The molecule has 5 rings (SSSR count). The molecule has 1 aliphatic carbocycles. The maximum atomic E-state index is 11.7. The smallest absolute Gasteiger partial charge is 0.249 e. The molecule has 0 radical (unpaired) electrons. The normalized spacial score (nSPS) is 43.6. The molecule has 0 amide bonds. The first kappa shape index (κ1) is 25.4. The number of hydrogen-bond acceptors (Lipinski definition) is 12. The van der Waals surface area contributed by atoms with Gasteiger partial charge in [-0.1, -0.05) is 12.1 Å². The van der Waals surface area contributed by atoms with Gasteiger partial charge in [0, 0.05) is 19.5 Å². The van der Waals surface area contributed by atoms with E-state index >= 15 is 0 Å². The quantitative estimate of drug-likeness (QED) is 0.246. The topological polar surface area (TPSA) is 158 Å². The summed E-state index contributed by atoms with van der Waals surface area (Å²) in [7, 11) is 3.29. The van der Waals surface area contributed by atoms with Crippen LogP contribution in [0.1, 0.15) is 18.4 Å². The molecule has 0 bridgehead atoms. The molecule has 3 heterocycles. The van der Waals surface area contributed by atoms with Crippen molar-refractivity contribution >= 4 is 21.6 Å². The number of likely N-dealkylation sites (N-methyl/N-ethyl adjacent to an activating group) is 2. The largest absolute Gasteiger partial charge is 0.390 e. The van der Waals surface area contributed by atoms with E-state index in [4.69, 9.17) is 14.2 Å². The molecule has 0 spiro atoms. The average molecular weight is 511 g/mol. The molecule has 12 heteroatoms. The van der Waals surface area contributed by atoms with Crippen LogP contribution in [-0.4, -0.2) is 106 Å². The van der Waals surface area contributed by atoms with Gasteiger partial charge >= 0.3 is 0 Å². The van der Waals surface area contributed by atoms with Gasteiger partial charge in [-0.25, -0.2) is 4.98 Å². The fourth-order valence-corrected chi connectivity index (χ4v) is 6.54. The fraction of sp³-hybridized carbons (Fsp3) is 0.696. The summed E-state index contributed by atoms with van der Waals surface area (Å²) >= 11 is 1.56. The second kappa shape index (κ2) is 9.54. The Balaban J connectivity index is 1.36. The maximum Gasteiger partial charge on any atom is 0.249 e. The number of fused-ring (bicyclic) bond motifs is 3. The summed E-state index contributed by atoms with van der Waals surface area (Å²) in [4.78, 5) is 4.60. The van der Waals surface area contributed by atoms with Crippen molar-refractivity contribution in [2.45, 2.75) is 80.2 Å². The molecule has 2 saturated heterocycles. The number of thiazole rings is 1. The van der Waals surface area contributed by atoms with Crippen LogP contribution in [0.4, 0.5) is 0 Å². The Bertz CT molecular complexity index is 1010. The van der Waals surface area contributed by atoms with Crippen molar-refractivity contribution in [2.24, 2.45) is 0 Å². The number of ether oxygens (including phenoxy) is 3. The first-order valence-corrected chi connectivity index (χ1v) is 12.7. The van der Waals surface area contributed by atoms with Crippen LogP contribution in [0, 0.1) is 0 Å². The first-order valence-electron chi connectivity index (χ1n) is 11.9. The standard InChI is InChI=1S/C23H34N4O7S/c1-11-8-22(30,10-26-9-14-27-12-6-4-5-7-13(12)35-14)23(31)21(32-11)33-20-18(29)15(24-2)17(28)16(25-3)19(20)34-23/h4-7,11,15-21,24-26,28-31H,8-10H2,1-3H3/t11-,15-,16+,17+,18+,19-,20-,21?,22-,23-/m1/s1. The van der Waals surface area contributed by atoms with E-state index in [0.29, 0.717) is 6.54 Å². The molecule has 11 nitrogen and oxygen atoms in total. The van der Waals surface area contributed by atoms with Crippen LogP contribution in [0.2, 0.25) is 0 Å². The Morgan fingerprint density at radius 2 is 1.80 bits per heavy atom. The Labute approximate surface area is 207 Å². The van der Waals surface area contributed by atoms with Crippen molar-refractivity contribution in [1.29, 1.82) is 0 Å². The predicted octanol–water partition coefficient (Wildman–Crippen LogP) is -1.36. The van der Waals surface area contributed by atoms with Gasteiger partial charge in [-0.15, -0.1) is 11.3 Å². The van der Waals surface area contributed by atoms with Gasteiger partial charge in [0.15, 0.2) is 0 Å². The monoisotopic (exact) mass is 510 g/mol. The van der Waals surface area contributed by atoms with E-state index in [9.17, 15) is 20.4 Å². The zero-order valence-corrected chi connectivity index (χ0v) is 20.7. The number of para-hydroxylation sites is 1. The molecule has 3 aliphatic rings. The van der Waals surface area contributed by atoms with Gasteiger partial charge < -0.3 is 50.6 Å². The minimum Gasteiger partial charge on any atom is -0.390 e. The van der Waals surface area contributed by atoms with E-state index in [1.807, 2.05) is 24.3 Å². The van der Waals surface area contributed by atoms with Crippen LogP contribution in [0.15, 0.2) is 24.3 Å². The highest BCUT2D eigenvalue weighted by molar-refractivity contribution is 7.18. The Hall–Kier alpha value is -1.29. The molecule has 1 saturated carbocycles. The van der Waals surface area contributed by atoms with Gasteiger partial charge in [-0.05, 0) is 33.2 Å². The van der Waals surface area contributed by atoms with Crippen molar-refractivity contribution < 1.29 is 34.6 Å². The summed E-state index contributed by atoms with van der Waals surface area (Å²) in [6.45, 7) is 2.16. The number of nitrogens with one attached hydrogen (secondary N) is 3. The third kappa shape index (κ3) is 4.20. The lowest BCUT2D eigenvalue weighted by molar-refractivity contribution is -0.482. The van der Waals surface area contributed by atoms with Crippen LogP contribution < -0.4 is 16.0 Å². The second-order valence-electron chi connectivity index (χ2n) is 9.68. The van der Waals surface area contributed by atoms with Crippen molar-refractivity contribution in [3.8, 4) is 0 Å². The minimum absolute atomic E-state index is 0.0150. The van der Waals surface area contributed by atoms with Crippen LogP contribution in [0.3, 0.4) is 0 Å². The predicted molar refractivity (Wildman–Crippen MR) is 128 cm³/mol. The van der Waals surface area contributed by atoms with E-state index in [2.05, 4.69) is 20.9 Å². The zero-order valence-electron chi connectivity index (χ0n) is 19.9. The van der Waals surface area contributed by atoms with Crippen LogP contribution >= 0.6 is 11.3 Å². The summed E-state index contributed by atoms with van der Waals surface area (Å²) in [6.07, 6.45) is -5.68. The molecule has 7 N–H and O–H groups in total. The number of aromatic nitrogens is 1. The Morgan fingerprint density at radius 3 is 2.51 bits per heavy atom. The van der Waals surface area contributed by atoms with Crippen molar-refractivity contribution in [1.82, 2.24) is 20.9 Å². The molecule has 1 aromatic carbocycles. The summed E-state index contributed by atoms with van der Waals surface area (Å²) in [6, 6.07) is 6.49. The molecule has 1 aromatic heterocycles. The van der Waals surface area contributed by atoms with E-state index in [0.717, 1.165) is 15.2 Å². The first-order chi connectivity index (χ1) is 16.7. The molecular weight excluding hydrogens is 476 g/mol. The second-order valence-corrected chi connectivity index (χ2v) is 10.8. The van der Waals surface area contributed by atoms with E-state index in [-0.39, 0.29) is 13.0 Å². The zero-order chi connectivity index (χ0) is 25.0. The lowest BCUT2D eigenvalue weighted by Gasteiger charge is -2.60. The molecule has 35 heavy (non-hydrogen) atoms. The molecule has 10 atom stereocenters. The average Bonchev–Trinajstić information content (AvgIpc) is 3.23. The van der Waals surface area contributed by atoms with Gasteiger partial charge in [-0.2, -0.15) is 0 Å². The Morgan fingerprint density at radius 1 is 1.06 bits per heavy atom. The lowest BCUT2D eigenvalue weighted by Crippen LogP contribution is -2.81. The highest BCUT2D eigenvalue weighted by Crippen LogP contribution is 2.46. The maximum absolute atomic E-state index is 11.7. The number of benzene rings is 1. The summed E-state index contributed by atoms with van der Waals surface area (Å²) in [5, 5.41) is 55.1. The number of hydrogen-bond donors (Lipinski definition) is 7. The summed E-state index contributed by atoms with van der Waals surface area (Å²) in [5.74, 6) is -2.23. The van der Waals surface area contributed by atoms with Crippen LogP contribution in [0.5, 0.6) is 0 Å². The van der Waals surface area contributed by atoms with E-state index < -0.39 is 60.3 Å². The number of aliphatic hydroxyl groups is 4. The van der Waals surface area contributed by atoms with Crippen LogP contribution in [-0.2, 0) is 20.8 Å². The molecule has 2 aliphatic heterocycles. The van der Waals surface area contributed by atoms with Crippen LogP contribution in [0.25, 0.3) is 10.2 Å². The Kier molecular flexibility index (Phi) is 6.91. The third-order valence-corrected chi connectivity index (χ3v) is 8.42. The lowest BCUT2D eigenvalue weighted by atomic mass is 9.77. The van der Waals surface area contributed by atoms with Gasteiger partial charge in [0.1, 0.15) is 28.9 Å². The molecular formula is C23H34N4O7S. The fourth-order valence-electron chi connectivity index (χ4n) is 5.60. The van der Waals surface area contributed by atoms with Gasteiger partial charge in [0.25, 0.3) is 0 Å². The van der Waals surface area contributed by atoms with Gasteiger partial charge in [0.2, 0.25) is 12.1 Å². The van der Waals surface area contributed by atoms with Gasteiger partial charge in [0.05, 0.1) is 34.5 Å². The summed E-state index contributed by atoms with van der Waals surface area (Å²) < 4.78 is 19.1. The third-order valence-electron chi connectivity index (χ3n) is 7.38. The molecule has 1 unspecified atom stereocenters. The number of rotatable bonds is 6. The SMILES string of the molecule is CN[C@@H]1[C@H](O)[C@H](NC)[C@H]2O[C@]3(O)C(O[C@@H]2[C@H]1O)O[C@H](C)C[C@@]3(O)CNCc1nc2ccccc2s1. The van der Waals surface area contributed by atoms with Crippen molar-refractivity contribution in [2.75, 3.05) is 20.6 Å². The molecule has 3 fully saturated rings. The minimum atomic E-state index is -2.23. The van der Waals surface area contributed by atoms with Crippen molar-refractivity contribution in [3.63, 3.8) is 0 Å². The number of nitrogens with zero attached hydrogens (tertiary/aromatic N) is 1. The summed E-state index contributed by atoms with van der Waals surface area (Å²) in [5.41, 5.74) is -0.862.